The minimum absolute atomic E-state index is 0.233. The van der Waals surface area contributed by atoms with Gasteiger partial charge in [0.25, 0.3) is 0 Å². The van der Waals surface area contributed by atoms with E-state index in [1.54, 1.807) is 14.2 Å². The van der Waals surface area contributed by atoms with E-state index in [1.807, 2.05) is 6.20 Å². The summed E-state index contributed by atoms with van der Waals surface area (Å²) in [5, 5.41) is 0. The number of ether oxygens (including phenoxy) is 2. The van der Waals surface area contributed by atoms with Crippen molar-refractivity contribution in [1.82, 2.24) is 4.90 Å². The molecule has 2 atom stereocenters. The summed E-state index contributed by atoms with van der Waals surface area (Å²) in [6.07, 6.45) is 4.09. The van der Waals surface area contributed by atoms with Crippen LogP contribution in [-0.2, 0) is 12.8 Å². The topological polar surface area (TPSA) is 21.7 Å². The third kappa shape index (κ3) is 4.04. The Balaban J connectivity index is 1.98. The van der Waals surface area contributed by atoms with Gasteiger partial charge in [0.05, 0.1) is 20.3 Å². The fourth-order valence-corrected chi connectivity index (χ4v) is 4.37. The van der Waals surface area contributed by atoms with E-state index in [9.17, 15) is 0 Å². The van der Waals surface area contributed by atoms with Gasteiger partial charge in [-0.1, -0.05) is 51.6 Å². The molecule has 2 aromatic rings. The standard InChI is InChI=1S/C25H33NO2/c1-7-26-13-12-21-15-23(27-5)24(28-6)16-22(21)25(26)18(4)20-10-8-19(9-11-20)14-17(2)3/h7-11,15-18,25H,1,12-14H2,2-6H3/t18-,25-/m0/s1. The van der Waals surface area contributed by atoms with E-state index < -0.39 is 0 Å². The Morgan fingerprint density at radius 1 is 1.07 bits per heavy atom. The normalized spacial score (nSPS) is 17.2. The molecule has 150 valence electrons. The van der Waals surface area contributed by atoms with Gasteiger partial charge in [-0.25, -0.2) is 0 Å². The lowest BCUT2D eigenvalue weighted by Gasteiger charge is -2.40. The van der Waals surface area contributed by atoms with Crippen molar-refractivity contribution in [1.29, 1.82) is 0 Å². The second kappa shape index (κ2) is 8.72. The number of rotatable bonds is 7. The molecular formula is C25H33NO2. The summed E-state index contributed by atoms with van der Waals surface area (Å²) in [6.45, 7) is 11.9. The van der Waals surface area contributed by atoms with Crippen molar-refractivity contribution >= 4 is 0 Å². The molecule has 0 spiro atoms. The van der Waals surface area contributed by atoms with Crippen LogP contribution in [0.25, 0.3) is 0 Å². The SMILES string of the molecule is C=CN1CCc2cc(OC)c(OC)cc2[C@@H]1[C@@H](C)c1ccc(CC(C)C)cc1. The molecule has 0 saturated carbocycles. The Morgan fingerprint density at radius 2 is 1.71 bits per heavy atom. The highest BCUT2D eigenvalue weighted by atomic mass is 16.5. The van der Waals surface area contributed by atoms with E-state index in [0.717, 1.165) is 30.9 Å². The molecule has 0 amide bonds. The second-order valence-corrected chi connectivity index (χ2v) is 8.15. The molecule has 1 aliphatic rings. The maximum absolute atomic E-state index is 5.59. The van der Waals surface area contributed by atoms with E-state index in [1.165, 1.54) is 22.3 Å². The van der Waals surface area contributed by atoms with Gasteiger partial charge >= 0.3 is 0 Å². The first kappa shape index (κ1) is 20.3. The minimum atomic E-state index is 0.233. The molecule has 0 N–H and O–H groups in total. The lowest BCUT2D eigenvalue weighted by Crippen LogP contribution is -2.34. The monoisotopic (exact) mass is 379 g/mol. The number of hydrogen-bond acceptors (Lipinski definition) is 3. The molecule has 0 saturated heterocycles. The van der Waals surface area contributed by atoms with Crippen LogP contribution in [0.5, 0.6) is 11.5 Å². The van der Waals surface area contributed by atoms with Crippen molar-refractivity contribution < 1.29 is 9.47 Å². The van der Waals surface area contributed by atoms with E-state index in [-0.39, 0.29) is 6.04 Å². The number of hydrogen-bond donors (Lipinski definition) is 0. The molecular weight excluding hydrogens is 346 g/mol. The molecule has 0 bridgehead atoms. The van der Waals surface area contributed by atoms with Crippen LogP contribution in [0.1, 0.15) is 55.0 Å². The summed E-state index contributed by atoms with van der Waals surface area (Å²) >= 11 is 0. The number of methoxy groups -OCH3 is 2. The third-order valence-corrected chi connectivity index (χ3v) is 5.82. The predicted molar refractivity (Wildman–Crippen MR) is 116 cm³/mol. The highest BCUT2D eigenvalue weighted by molar-refractivity contribution is 5.50. The summed E-state index contributed by atoms with van der Waals surface area (Å²) in [7, 11) is 3.40. The average molecular weight is 380 g/mol. The molecule has 0 radical (unpaired) electrons. The predicted octanol–water partition coefficient (Wildman–Crippen LogP) is 5.75. The largest absolute Gasteiger partial charge is 0.493 e. The quantitative estimate of drug-likeness (QED) is 0.611. The van der Waals surface area contributed by atoms with Gasteiger partial charge < -0.3 is 14.4 Å². The van der Waals surface area contributed by atoms with Crippen molar-refractivity contribution in [2.45, 2.75) is 45.6 Å². The van der Waals surface area contributed by atoms with E-state index in [0.29, 0.717) is 11.8 Å². The summed E-state index contributed by atoms with van der Waals surface area (Å²) in [6, 6.07) is 13.7. The van der Waals surface area contributed by atoms with Crippen LogP contribution >= 0.6 is 0 Å². The number of benzene rings is 2. The Bertz CT molecular complexity index is 810. The van der Waals surface area contributed by atoms with Crippen molar-refractivity contribution in [3.63, 3.8) is 0 Å². The third-order valence-electron chi connectivity index (χ3n) is 5.82. The van der Waals surface area contributed by atoms with E-state index in [4.69, 9.17) is 9.47 Å². The van der Waals surface area contributed by atoms with Crippen LogP contribution in [0.2, 0.25) is 0 Å². The van der Waals surface area contributed by atoms with Crippen LogP contribution in [0.3, 0.4) is 0 Å². The summed E-state index contributed by atoms with van der Waals surface area (Å²) in [5.41, 5.74) is 5.40. The summed E-state index contributed by atoms with van der Waals surface area (Å²) < 4.78 is 11.1. The Kier molecular flexibility index (Phi) is 6.33. The molecule has 3 rings (SSSR count). The van der Waals surface area contributed by atoms with Crippen LogP contribution in [0.15, 0.2) is 49.2 Å². The fraction of sp³-hybridized carbons (Fsp3) is 0.440. The van der Waals surface area contributed by atoms with Crippen molar-refractivity contribution in [2.24, 2.45) is 5.92 Å². The molecule has 2 aromatic carbocycles. The second-order valence-electron chi connectivity index (χ2n) is 8.15. The maximum atomic E-state index is 5.59. The number of nitrogens with zero attached hydrogens (tertiary/aromatic N) is 1. The molecule has 1 aliphatic heterocycles. The van der Waals surface area contributed by atoms with E-state index >= 15 is 0 Å². The summed E-state index contributed by atoms with van der Waals surface area (Å²) in [5.74, 6) is 2.60. The first-order valence-electron chi connectivity index (χ1n) is 10.2. The first-order chi connectivity index (χ1) is 13.5. The molecule has 28 heavy (non-hydrogen) atoms. The first-order valence-corrected chi connectivity index (χ1v) is 10.2. The van der Waals surface area contributed by atoms with Crippen molar-refractivity contribution in [2.75, 3.05) is 20.8 Å². The molecule has 0 aromatic heterocycles. The van der Waals surface area contributed by atoms with Crippen molar-refractivity contribution in [3.05, 3.63) is 71.4 Å². The van der Waals surface area contributed by atoms with E-state index in [2.05, 4.69) is 68.6 Å². The molecule has 0 aliphatic carbocycles. The maximum Gasteiger partial charge on any atom is 0.161 e. The molecule has 1 heterocycles. The van der Waals surface area contributed by atoms with Gasteiger partial charge in [0.2, 0.25) is 0 Å². The zero-order valence-corrected chi connectivity index (χ0v) is 17.9. The molecule has 0 fully saturated rings. The number of fused-ring (bicyclic) bond motifs is 1. The Labute approximate surface area is 170 Å². The van der Waals surface area contributed by atoms with Crippen LogP contribution in [0.4, 0.5) is 0 Å². The minimum Gasteiger partial charge on any atom is -0.493 e. The highest BCUT2D eigenvalue weighted by Crippen LogP contribution is 2.44. The van der Waals surface area contributed by atoms with Gasteiger partial charge in [-0.05, 0) is 59.3 Å². The zero-order chi connectivity index (χ0) is 20.3. The highest BCUT2D eigenvalue weighted by Gasteiger charge is 2.32. The van der Waals surface area contributed by atoms with Gasteiger partial charge in [0, 0.05) is 12.5 Å². The van der Waals surface area contributed by atoms with Crippen molar-refractivity contribution in [3.8, 4) is 11.5 Å². The van der Waals surface area contributed by atoms with Crippen LogP contribution in [0, 0.1) is 5.92 Å². The summed E-state index contributed by atoms with van der Waals surface area (Å²) in [4.78, 5) is 2.36. The van der Waals surface area contributed by atoms with Gasteiger partial charge in [0.1, 0.15) is 0 Å². The van der Waals surface area contributed by atoms with Crippen LogP contribution in [-0.4, -0.2) is 25.7 Å². The molecule has 3 nitrogen and oxygen atoms in total. The lowest BCUT2D eigenvalue weighted by atomic mass is 9.81. The zero-order valence-electron chi connectivity index (χ0n) is 17.9. The Morgan fingerprint density at radius 3 is 2.29 bits per heavy atom. The average Bonchev–Trinajstić information content (AvgIpc) is 2.71. The van der Waals surface area contributed by atoms with Gasteiger partial charge in [0.15, 0.2) is 11.5 Å². The van der Waals surface area contributed by atoms with Gasteiger partial charge in [-0.3, -0.25) is 0 Å². The smallest absolute Gasteiger partial charge is 0.161 e. The lowest BCUT2D eigenvalue weighted by molar-refractivity contribution is 0.234. The molecule has 3 heteroatoms. The molecule has 0 unspecified atom stereocenters. The Hall–Kier alpha value is -2.42. The fourth-order valence-electron chi connectivity index (χ4n) is 4.37. The van der Waals surface area contributed by atoms with Gasteiger partial charge in [-0.2, -0.15) is 0 Å². The van der Waals surface area contributed by atoms with Crippen LogP contribution < -0.4 is 9.47 Å². The van der Waals surface area contributed by atoms with Gasteiger partial charge in [-0.15, -0.1) is 0 Å².